The molecule has 15 heavy (non-hydrogen) atoms. The van der Waals surface area contributed by atoms with Crippen molar-refractivity contribution in [1.29, 1.82) is 0 Å². The fraction of sp³-hybridized carbons (Fsp3) is 0.556. The molecule has 0 radical (unpaired) electrons. The zero-order valence-electron chi connectivity index (χ0n) is 7.97. The Morgan fingerprint density at radius 3 is 2.60 bits per heavy atom. The van der Waals surface area contributed by atoms with Crippen LogP contribution in [0.4, 0.5) is 13.2 Å². The molecule has 1 rings (SSSR count). The molecule has 0 aliphatic carbocycles. The predicted molar refractivity (Wildman–Crippen MR) is 60.9 cm³/mol. The fourth-order valence-electron chi connectivity index (χ4n) is 0.980. The largest absolute Gasteiger partial charge is 0.389 e. The Bertz CT molecular complexity index is 309. The maximum Gasteiger partial charge on any atom is 0.389 e. The van der Waals surface area contributed by atoms with Gasteiger partial charge in [0, 0.05) is 15.9 Å². The number of thioether (sulfide) groups is 1. The van der Waals surface area contributed by atoms with Crippen LogP contribution in [0.5, 0.6) is 0 Å². The lowest BCUT2D eigenvalue weighted by atomic mass is 10.4. The second-order valence-electron chi connectivity index (χ2n) is 3.02. The van der Waals surface area contributed by atoms with Gasteiger partial charge in [0.25, 0.3) is 0 Å². The van der Waals surface area contributed by atoms with E-state index in [0.717, 1.165) is 4.88 Å². The van der Waals surface area contributed by atoms with Gasteiger partial charge in [-0.2, -0.15) is 24.9 Å². The van der Waals surface area contributed by atoms with Crippen LogP contribution in [-0.2, 0) is 0 Å². The quantitative estimate of drug-likeness (QED) is 0.732. The summed E-state index contributed by atoms with van der Waals surface area (Å²) in [5.41, 5.74) is 0. The van der Waals surface area contributed by atoms with Crippen molar-refractivity contribution in [2.24, 2.45) is 0 Å². The Morgan fingerprint density at radius 2 is 2.13 bits per heavy atom. The van der Waals surface area contributed by atoms with Crippen molar-refractivity contribution in [3.63, 3.8) is 0 Å². The van der Waals surface area contributed by atoms with Gasteiger partial charge in [0.2, 0.25) is 0 Å². The van der Waals surface area contributed by atoms with Gasteiger partial charge in [-0.05, 0) is 19.1 Å². The van der Waals surface area contributed by atoms with E-state index in [9.17, 15) is 13.2 Å². The standard InChI is InChI=1S/C9H10ClF3S2/c1-6(7-2-3-8(10)15-7)14-5-4-9(11,12)13/h2-3,6H,4-5H2,1H3. The van der Waals surface area contributed by atoms with Crippen molar-refractivity contribution in [2.75, 3.05) is 5.75 Å². The van der Waals surface area contributed by atoms with Crippen molar-refractivity contribution >= 4 is 34.7 Å². The van der Waals surface area contributed by atoms with E-state index in [1.807, 2.05) is 13.0 Å². The molecule has 0 spiro atoms. The molecule has 0 fully saturated rings. The summed E-state index contributed by atoms with van der Waals surface area (Å²) in [4.78, 5) is 1.02. The Hall–Kier alpha value is 0.130. The lowest BCUT2D eigenvalue weighted by Gasteiger charge is -2.10. The molecule has 0 amide bonds. The summed E-state index contributed by atoms with van der Waals surface area (Å²) in [7, 11) is 0. The molecule has 1 aromatic rings. The fourth-order valence-corrected chi connectivity index (χ4v) is 3.27. The number of hydrogen-bond donors (Lipinski definition) is 0. The highest BCUT2D eigenvalue weighted by Crippen LogP contribution is 2.36. The van der Waals surface area contributed by atoms with Gasteiger partial charge in [-0.3, -0.25) is 0 Å². The molecule has 86 valence electrons. The minimum atomic E-state index is -4.06. The summed E-state index contributed by atoms with van der Waals surface area (Å²) in [5.74, 6) is 0.0974. The molecule has 1 unspecified atom stereocenters. The molecule has 0 aliphatic heterocycles. The highest BCUT2D eigenvalue weighted by Gasteiger charge is 2.26. The number of rotatable bonds is 4. The summed E-state index contributed by atoms with van der Waals surface area (Å²) in [6.07, 6.45) is -4.79. The van der Waals surface area contributed by atoms with Gasteiger partial charge in [-0.25, -0.2) is 0 Å². The number of hydrogen-bond acceptors (Lipinski definition) is 2. The van der Waals surface area contributed by atoms with Crippen LogP contribution in [0.1, 0.15) is 23.5 Å². The average Bonchev–Trinajstić information content (AvgIpc) is 2.49. The molecular formula is C9H10ClF3S2. The third-order valence-corrected chi connectivity index (χ3v) is 4.50. The first-order valence-electron chi connectivity index (χ1n) is 4.32. The topological polar surface area (TPSA) is 0 Å². The minimum Gasteiger partial charge on any atom is -0.171 e. The van der Waals surface area contributed by atoms with E-state index in [-0.39, 0.29) is 11.0 Å². The summed E-state index contributed by atoms with van der Waals surface area (Å²) in [6, 6.07) is 3.63. The van der Waals surface area contributed by atoms with E-state index in [2.05, 4.69) is 0 Å². The lowest BCUT2D eigenvalue weighted by molar-refractivity contribution is -0.129. The van der Waals surface area contributed by atoms with E-state index in [1.165, 1.54) is 23.1 Å². The number of alkyl halides is 3. The molecule has 1 aromatic heterocycles. The van der Waals surface area contributed by atoms with Crippen molar-refractivity contribution < 1.29 is 13.2 Å². The van der Waals surface area contributed by atoms with Gasteiger partial charge in [-0.1, -0.05) is 11.6 Å². The van der Waals surface area contributed by atoms with E-state index in [0.29, 0.717) is 4.34 Å². The SMILES string of the molecule is CC(SCCC(F)(F)F)c1ccc(Cl)s1. The maximum absolute atomic E-state index is 11.9. The highest BCUT2D eigenvalue weighted by atomic mass is 35.5. The van der Waals surface area contributed by atoms with Crippen LogP contribution in [0.25, 0.3) is 0 Å². The van der Waals surface area contributed by atoms with Gasteiger partial charge in [-0.15, -0.1) is 11.3 Å². The van der Waals surface area contributed by atoms with E-state index < -0.39 is 12.6 Å². The van der Waals surface area contributed by atoms with Gasteiger partial charge in [0.05, 0.1) is 10.8 Å². The van der Waals surface area contributed by atoms with E-state index in [4.69, 9.17) is 11.6 Å². The van der Waals surface area contributed by atoms with Crippen LogP contribution in [0.3, 0.4) is 0 Å². The summed E-state index contributed by atoms with van der Waals surface area (Å²) < 4.78 is 36.3. The molecule has 0 saturated carbocycles. The van der Waals surface area contributed by atoms with Crippen LogP contribution in [-0.4, -0.2) is 11.9 Å². The van der Waals surface area contributed by atoms with Gasteiger partial charge in [0.1, 0.15) is 0 Å². The second-order valence-corrected chi connectivity index (χ2v) is 6.22. The predicted octanol–water partition coefficient (Wildman–Crippen LogP) is 5.15. The first-order valence-corrected chi connectivity index (χ1v) is 6.56. The smallest absolute Gasteiger partial charge is 0.171 e. The Labute approximate surface area is 99.8 Å². The molecule has 1 atom stereocenters. The first-order chi connectivity index (χ1) is 6.88. The maximum atomic E-state index is 11.9. The molecule has 0 N–H and O–H groups in total. The lowest BCUT2D eigenvalue weighted by Crippen LogP contribution is -2.08. The molecular weight excluding hydrogens is 265 g/mol. The van der Waals surface area contributed by atoms with Gasteiger partial charge >= 0.3 is 6.18 Å². The Balaban J connectivity index is 2.34. The third kappa shape index (κ3) is 5.13. The molecule has 0 bridgehead atoms. The molecule has 0 aromatic carbocycles. The average molecular weight is 275 g/mol. The number of thiophene rings is 1. The molecule has 0 nitrogen and oxygen atoms in total. The number of halogens is 4. The Morgan fingerprint density at radius 1 is 1.47 bits per heavy atom. The van der Waals surface area contributed by atoms with Crippen LogP contribution >= 0.6 is 34.7 Å². The molecule has 0 aliphatic rings. The van der Waals surface area contributed by atoms with Crippen molar-refractivity contribution in [3.05, 3.63) is 21.3 Å². The molecule has 0 saturated heterocycles. The van der Waals surface area contributed by atoms with Crippen LogP contribution in [0.15, 0.2) is 12.1 Å². The summed E-state index contributed by atoms with van der Waals surface area (Å²) in [6.45, 7) is 1.89. The Kier molecular flexibility index (Phi) is 4.80. The van der Waals surface area contributed by atoms with Gasteiger partial charge in [0.15, 0.2) is 0 Å². The van der Waals surface area contributed by atoms with Crippen LogP contribution < -0.4 is 0 Å². The van der Waals surface area contributed by atoms with Crippen LogP contribution in [0, 0.1) is 0 Å². The van der Waals surface area contributed by atoms with Crippen molar-refractivity contribution in [2.45, 2.75) is 24.8 Å². The zero-order chi connectivity index (χ0) is 11.5. The van der Waals surface area contributed by atoms with Gasteiger partial charge < -0.3 is 0 Å². The second kappa shape index (κ2) is 5.46. The van der Waals surface area contributed by atoms with Crippen molar-refractivity contribution in [1.82, 2.24) is 0 Å². The third-order valence-electron chi connectivity index (χ3n) is 1.75. The normalized spacial score (nSPS) is 14.2. The summed E-state index contributed by atoms with van der Waals surface area (Å²) >= 11 is 8.46. The van der Waals surface area contributed by atoms with Crippen molar-refractivity contribution in [3.8, 4) is 0 Å². The van der Waals surface area contributed by atoms with E-state index in [1.54, 1.807) is 6.07 Å². The summed E-state index contributed by atoms with van der Waals surface area (Å²) in [5, 5.41) is 0.0739. The minimum absolute atomic E-state index is 0.0739. The zero-order valence-corrected chi connectivity index (χ0v) is 10.4. The van der Waals surface area contributed by atoms with Crippen LogP contribution in [0.2, 0.25) is 4.34 Å². The first kappa shape index (κ1) is 13.2. The van der Waals surface area contributed by atoms with E-state index >= 15 is 0 Å². The highest BCUT2D eigenvalue weighted by molar-refractivity contribution is 7.99. The monoisotopic (exact) mass is 274 g/mol. The molecule has 1 heterocycles. The molecule has 6 heteroatoms.